The Morgan fingerprint density at radius 3 is 2.52 bits per heavy atom. The van der Waals surface area contributed by atoms with E-state index in [1.165, 1.54) is 18.2 Å². The van der Waals surface area contributed by atoms with E-state index in [0.717, 1.165) is 17.7 Å². The van der Waals surface area contributed by atoms with Crippen molar-refractivity contribution in [2.24, 2.45) is 0 Å². The summed E-state index contributed by atoms with van der Waals surface area (Å²) in [4.78, 5) is 0. The van der Waals surface area contributed by atoms with Gasteiger partial charge in [-0.05, 0) is 60.8 Å². The van der Waals surface area contributed by atoms with Crippen molar-refractivity contribution < 1.29 is 8.78 Å². The molecule has 0 radical (unpaired) electrons. The first-order valence-corrected chi connectivity index (χ1v) is 7.31. The van der Waals surface area contributed by atoms with Crippen LogP contribution in [0.25, 0.3) is 0 Å². The largest absolute Gasteiger partial charge is 0.310 e. The molecule has 2 aromatic carbocycles. The molecular weight excluding hydrogens is 292 g/mol. The van der Waals surface area contributed by atoms with Crippen molar-refractivity contribution in [2.75, 3.05) is 6.54 Å². The number of halogens is 3. The highest BCUT2D eigenvalue weighted by atomic mass is 35.5. The van der Waals surface area contributed by atoms with Crippen LogP contribution in [0.15, 0.2) is 36.4 Å². The SMILES string of the molecule is CCNC(Cc1ccc(Cl)cc1F)c1cc(C)cc(F)c1. The summed E-state index contributed by atoms with van der Waals surface area (Å²) in [5.74, 6) is -0.608. The number of likely N-dealkylation sites (N-methyl/N-ethyl adjacent to an activating group) is 1. The Kier molecular flexibility index (Phi) is 5.32. The molecule has 1 N–H and O–H groups in total. The van der Waals surface area contributed by atoms with E-state index in [1.54, 1.807) is 12.1 Å². The second-order valence-corrected chi connectivity index (χ2v) is 5.55. The van der Waals surface area contributed by atoms with Crippen LogP contribution in [0.1, 0.15) is 29.7 Å². The minimum Gasteiger partial charge on any atom is -0.310 e. The molecule has 0 spiro atoms. The molecule has 1 unspecified atom stereocenters. The molecule has 0 fully saturated rings. The van der Waals surface area contributed by atoms with Gasteiger partial charge in [0.2, 0.25) is 0 Å². The first-order valence-electron chi connectivity index (χ1n) is 6.94. The van der Waals surface area contributed by atoms with E-state index in [1.807, 2.05) is 19.9 Å². The predicted molar refractivity (Wildman–Crippen MR) is 82.7 cm³/mol. The van der Waals surface area contributed by atoms with Gasteiger partial charge in [-0.1, -0.05) is 30.7 Å². The van der Waals surface area contributed by atoms with Crippen LogP contribution in [-0.4, -0.2) is 6.54 Å². The van der Waals surface area contributed by atoms with Crippen LogP contribution in [0.3, 0.4) is 0 Å². The van der Waals surface area contributed by atoms with Crippen molar-refractivity contribution in [3.8, 4) is 0 Å². The maximum absolute atomic E-state index is 13.9. The topological polar surface area (TPSA) is 12.0 Å². The summed E-state index contributed by atoms with van der Waals surface area (Å²) in [7, 11) is 0. The van der Waals surface area contributed by atoms with Gasteiger partial charge >= 0.3 is 0 Å². The monoisotopic (exact) mass is 309 g/mol. The van der Waals surface area contributed by atoms with Crippen molar-refractivity contribution in [3.63, 3.8) is 0 Å². The van der Waals surface area contributed by atoms with Crippen LogP contribution in [0.5, 0.6) is 0 Å². The predicted octanol–water partition coefficient (Wildman–Crippen LogP) is 4.82. The lowest BCUT2D eigenvalue weighted by Gasteiger charge is -2.19. The van der Waals surface area contributed by atoms with E-state index >= 15 is 0 Å². The molecular formula is C17H18ClF2N. The van der Waals surface area contributed by atoms with E-state index in [4.69, 9.17) is 11.6 Å². The number of benzene rings is 2. The Balaban J connectivity index is 2.30. The molecule has 0 amide bonds. The molecule has 0 saturated carbocycles. The minimum atomic E-state index is -0.335. The smallest absolute Gasteiger partial charge is 0.127 e. The Bertz CT molecular complexity index is 608. The summed E-state index contributed by atoms with van der Waals surface area (Å²) in [5, 5.41) is 3.65. The maximum atomic E-state index is 13.9. The molecule has 0 bridgehead atoms. The first-order chi connectivity index (χ1) is 9.99. The van der Waals surface area contributed by atoms with E-state index in [0.29, 0.717) is 17.0 Å². The Morgan fingerprint density at radius 2 is 1.90 bits per heavy atom. The number of aryl methyl sites for hydroxylation is 1. The van der Waals surface area contributed by atoms with Crippen LogP contribution < -0.4 is 5.32 Å². The number of hydrogen-bond acceptors (Lipinski definition) is 1. The summed E-state index contributed by atoms with van der Waals surface area (Å²) in [6, 6.07) is 9.40. The Labute approximate surface area is 128 Å². The zero-order valence-electron chi connectivity index (χ0n) is 12.1. The van der Waals surface area contributed by atoms with E-state index in [-0.39, 0.29) is 17.7 Å². The minimum absolute atomic E-state index is 0.139. The molecule has 0 aliphatic carbocycles. The average Bonchev–Trinajstić information content (AvgIpc) is 2.40. The highest BCUT2D eigenvalue weighted by Gasteiger charge is 2.15. The third-order valence-electron chi connectivity index (χ3n) is 3.36. The second kappa shape index (κ2) is 7.01. The molecule has 112 valence electrons. The van der Waals surface area contributed by atoms with Gasteiger partial charge < -0.3 is 5.32 Å². The van der Waals surface area contributed by atoms with Crippen molar-refractivity contribution in [1.82, 2.24) is 5.32 Å². The summed E-state index contributed by atoms with van der Waals surface area (Å²) < 4.78 is 27.5. The van der Waals surface area contributed by atoms with Crippen molar-refractivity contribution >= 4 is 11.6 Å². The molecule has 2 rings (SSSR count). The van der Waals surface area contributed by atoms with Gasteiger partial charge in [0.1, 0.15) is 11.6 Å². The second-order valence-electron chi connectivity index (χ2n) is 5.11. The average molecular weight is 310 g/mol. The fraction of sp³-hybridized carbons (Fsp3) is 0.294. The van der Waals surface area contributed by atoms with Crippen LogP contribution >= 0.6 is 11.6 Å². The molecule has 21 heavy (non-hydrogen) atoms. The summed E-state index contributed by atoms with van der Waals surface area (Å²) in [5.41, 5.74) is 2.24. The maximum Gasteiger partial charge on any atom is 0.127 e. The lowest BCUT2D eigenvalue weighted by atomic mass is 9.97. The van der Waals surface area contributed by atoms with Gasteiger partial charge in [-0.15, -0.1) is 0 Å². The van der Waals surface area contributed by atoms with E-state index < -0.39 is 0 Å². The third kappa shape index (κ3) is 4.26. The van der Waals surface area contributed by atoms with Crippen LogP contribution in [0.2, 0.25) is 5.02 Å². The summed E-state index contributed by atoms with van der Waals surface area (Å²) >= 11 is 5.77. The zero-order chi connectivity index (χ0) is 15.4. The van der Waals surface area contributed by atoms with Gasteiger partial charge in [0, 0.05) is 11.1 Å². The Morgan fingerprint density at radius 1 is 1.14 bits per heavy atom. The van der Waals surface area contributed by atoms with Crippen LogP contribution in [0, 0.1) is 18.6 Å². The fourth-order valence-electron chi connectivity index (χ4n) is 2.43. The highest BCUT2D eigenvalue weighted by Crippen LogP contribution is 2.23. The molecule has 2 aromatic rings. The van der Waals surface area contributed by atoms with Gasteiger partial charge in [-0.3, -0.25) is 0 Å². The third-order valence-corrected chi connectivity index (χ3v) is 3.59. The molecule has 1 atom stereocenters. The van der Waals surface area contributed by atoms with E-state index in [9.17, 15) is 8.78 Å². The normalized spacial score (nSPS) is 12.4. The van der Waals surface area contributed by atoms with Gasteiger partial charge in [0.15, 0.2) is 0 Å². The van der Waals surface area contributed by atoms with Crippen LogP contribution in [-0.2, 0) is 6.42 Å². The first kappa shape index (κ1) is 15.9. The number of hydrogen-bond donors (Lipinski definition) is 1. The summed E-state index contributed by atoms with van der Waals surface area (Å²) in [6.45, 7) is 4.53. The zero-order valence-corrected chi connectivity index (χ0v) is 12.8. The number of nitrogens with one attached hydrogen (secondary N) is 1. The molecule has 0 aliphatic heterocycles. The number of rotatable bonds is 5. The lowest BCUT2D eigenvalue weighted by Crippen LogP contribution is -2.23. The van der Waals surface area contributed by atoms with Gasteiger partial charge in [0.05, 0.1) is 0 Å². The van der Waals surface area contributed by atoms with Gasteiger partial charge in [0.25, 0.3) is 0 Å². The standard InChI is InChI=1S/C17H18ClF2N/c1-3-21-17(13-6-11(2)7-15(19)8-13)9-12-4-5-14(18)10-16(12)20/h4-8,10,17,21H,3,9H2,1-2H3. The molecule has 0 aromatic heterocycles. The van der Waals surface area contributed by atoms with Crippen molar-refractivity contribution in [3.05, 3.63) is 69.7 Å². The molecule has 1 nitrogen and oxygen atoms in total. The Hall–Kier alpha value is -1.45. The lowest BCUT2D eigenvalue weighted by molar-refractivity contribution is 0.523. The van der Waals surface area contributed by atoms with Crippen molar-refractivity contribution in [1.29, 1.82) is 0 Å². The fourth-order valence-corrected chi connectivity index (χ4v) is 2.59. The van der Waals surface area contributed by atoms with Crippen molar-refractivity contribution in [2.45, 2.75) is 26.3 Å². The summed E-state index contributed by atoms with van der Waals surface area (Å²) in [6.07, 6.45) is 0.444. The molecule has 4 heteroatoms. The molecule has 0 saturated heterocycles. The molecule has 0 heterocycles. The van der Waals surface area contributed by atoms with E-state index in [2.05, 4.69) is 5.32 Å². The van der Waals surface area contributed by atoms with Crippen LogP contribution in [0.4, 0.5) is 8.78 Å². The van der Waals surface area contributed by atoms with Gasteiger partial charge in [-0.2, -0.15) is 0 Å². The molecule has 0 aliphatic rings. The highest BCUT2D eigenvalue weighted by molar-refractivity contribution is 6.30. The van der Waals surface area contributed by atoms with Gasteiger partial charge in [-0.25, -0.2) is 8.78 Å². The quantitative estimate of drug-likeness (QED) is 0.835.